The lowest BCUT2D eigenvalue weighted by Gasteiger charge is -2.04. The molecule has 142 valence electrons. The molecular formula is C19H18ClFN2OS3. The van der Waals surface area contributed by atoms with E-state index in [1.165, 1.54) is 35.2 Å². The fraction of sp³-hybridized carbons (Fsp3) is 0.263. The van der Waals surface area contributed by atoms with Crippen molar-refractivity contribution in [2.75, 3.05) is 17.8 Å². The lowest BCUT2D eigenvalue weighted by atomic mass is 10.3. The largest absolute Gasteiger partial charge is 0.316 e. The van der Waals surface area contributed by atoms with Gasteiger partial charge in [0.2, 0.25) is 5.91 Å². The van der Waals surface area contributed by atoms with E-state index in [4.69, 9.17) is 11.6 Å². The summed E-state index contributed by atoms with van der Waals surface area (Å²) in [5.41, 5.74) is 1.05. The number of thioether (sulfide) groups is 2. The number of fused-ring (bicyclic) bond motifs is 1. The Bertz CT molecular complexity index is 998. The van der Waals surface area contributed by atoms with Crippen molar-refractivity contribution in [3.63, 3.8) is 0 Å². The maximum Gasteiger partial charge on any atom is 0.249 e. The van der Waals surface area contributed by atoms with Gasteiger partial charge in [-0.25, -0.2) is 4.39 Å². The number of rotatable bonds is 7. The molecule has 1 heterocycles. The molecule has 0 aliphatic rings. The average Bonchev–Trinajstić information content (AvgIpc) is 2.97. The fourth-order valence-corrected chi connectivity index (χ4v) is 5.04. The van der Waals surface area contributed by atoms with Gasteiger partial charge in [0, 0.05) is 34.4 Å². The molecule has 3 nitrogen and oxygen atoms in total. The number of hydrogen-bond donors (Lipinski definition) is 0. The second-order valence-corrected chi connectivity index (χ2v) is 9.30. The number of carbonyl (C=O) groups excluding carboxylic acids is 1. The van der Waals surface area contributed by atoms with Crippen molar-refractivity contribution < 1.29 is 9.18 Å². The first kappa shape index (κ1) is 20.5. The Balaban J connectivity index is 1.75. The van der Waals surface area contributed by atoms with Crippen molar-refractivity contribution in [3.05, 3.63) is 58.1 Å². The summed E-state index contributed by atoms with van der Waals surface area (Å²) in [6.45, 7) is 0.791. The number of thiazole rings is 1. The third-order valence-corrected chi connectivity index (χ3v) is 6.66. The minimum Gasteiger partial charge on any atom is -0.316 e. The molecule has 0 aliphatic heterocycles. The molecule has 3 aromatic rings. The Morgan fingerprint density at radius 1 is 1.22 bits per heavy atom. The minimum atomic E-state index is -0.259. The van der Waals surface area contributed by atoms with E-state index >= 15 is 0 Å². The van der Waals surface area contributed by atoms with E-state index in [0.717, 1.165) is 27.4 Å². The molecule has 0 aliphatic carbocycles. The van der Waals surface area contributed by atoms with Gasteiger partial charge in [-0.2, -0.15) is 16.8 Å². The highest BCUT2D eigenvalue weighted by Crippen LogP contribution is 2.22. The molecule has 0 saturated heterocycles. The van der Waals surface area contributed by atoms with Crippen molar-refractivity contribution >= 4 is 62.6 Å². The van der Waals surface area contributed by atoms with Crippen LogP contribution >= 0.6 is 46.5 Å². The predicted octanol–water partition coefficient (Wildman–Crippen LogP) is 5.47. The van der Waals surface area contributed by atoms with Crippen molar-refractivity contribution in [3.8, 4) is 0 Å². The van der Waals surface area contributed by atoms with E-state index in [2.05, 4.69) is 15.8 Å². The summed E-state index contributed by atoms with van der Waals surface area (Å²) in [5.74, 6) is 1.14. The van der Waals surface area contributed by atoms with Crippen LogP contribution in [0.4, 0.5) is 4.39 Å². The summed E-state index contributed by atoms with van der Waals surface area (Å²) in [6.07, 6.45) is 2.39. The molecule has 0 atom stereocenters. The van der Waals surface area contributed by atoms with Crippen LogP contribution in [-0.2, 0) is 11.3 Å². The lowest BCUT2D eigenvalue weighted by Crippen LogP contribution is -2.18. The van der Waals surface area contributed by atoms with E-state index in [0.29, 0.717) is 22.0 Å². The SMILES string of the molecule is CSCCn1c(=NC(=O)CCSc2ccc(F)cc2)sc2cc(Cl)ccc21. The van der Waals surface area contributed by atoms with Gasteiger partial charge in [0.05, 0.1) is 10.2 Å². The smallest absolute Gasteiger partial charge is 0.249 e. The minimum absolute atomic E-state index is 0.153. The van der Waals surface area contributed by atoms with Crippen molar-refractivity contribution in [1.82, 2.24) is 4.57 Å². The van der Waals surface area contributed by atoms with Gasteiger partial charge in [-0.1, -0.05) is 22.9 Å². The van der Waals surface area contributed by atoms with Gasteiger partial charge in [-0.15, -0.1) is 11.8 Å². The maximum absolute atomic E-state index is 12.9. The van der Waals surface area contributed by atoms with E-state index < -0.39 is 0 Å². The number of amides is 1. The molecular weight excluding hydrogens is 423 g/mol. The van der Waals surface area contributed by atoms with Crippen molar-refractivity contribution in [2.24, 2.45) is 4.99 Å². The Kier molecular flexibility index (Phi) is 7.41. The Morgan fingerprint density at radius 2 is 2.00 bits per heavy atom. The number of halogens is 2. The monoisotopic (exact) mass is 440 g/mol. The maximum atomic E-state index is 12.9. The molecule has 0 fully saturated rings. The molecule has 0 radical (unpaired) electrons. The fourth-order valence-electron chi connectivity index (χ4n) is 2.48. The number of aryl methyl sites for hydroxylation is 1. The highest BCUT2D eigenvalue weighted by Gasteiger charge is 2.09. The molecule has 8 heteroatoms. The van der Waals surface area contributed by atoms with Crippen LogP contribution in [0.1, 0.15) is 6.42 Å². The van der Waals surface area contributed by atoms with Crippen molar-refractivity contribution in [2.45, 2.75) is 17.9 Å². The molecule has 1 amide bonds. The number of carbonyl (C=O) groups is 1. The van der Waals surface area contributed by atoms with E-state index in [9.17, 15) is 9.18 Å². The molecule has 2 aromatic carbocycles. The van der Waals surface area contributed by atoms with E-state index in [-0.39, 0.29) is 11.7 Å². The van der Waals surface area contributed by atoms with Crippen LogP contribution in [0.5, 0.6) is 0 Å². The number of nitrogens with zero attached hydrogens (tertiary/aromatic N) is 2. The molecule has 1 aromatic heterocycles. The number of benzene rings is 2. The molecule has 0 spiro atoms. The van der Waals surface area contributed by atoms with Gasteiger partial charge in [-0.05, 0) is 48.7 Å². The highest BCUT2D eigenvalue weighted by atomic mass is 35.5. The summed E-state index contributed by atoms with van der Waals surface area (Å²) in [6, 6.07) is 12.0. The Morgan fingerprint density at radius 3 is 2.74 bits per heavy atom. The van der Waals surface area contributed by atoms with Crippen LogP contribution in [0.3, 0.4) is 0 Å². The number of hydrogen-bond acceptors (Lipinski definition) is 4. The summed E-state index contributed by atoms with van der Waals surface area (Å²) < 4.78 is 16.0. The van der Waals surface area contributed by atoms with Crippen LogP contribution in [0.2, 0.25) is 5.02 Å². The van der Waals surface area contributed by atoms with Gasteiger partial charge in [0.1, 0.15) is 5.82 Å². The highest BCUT2D eigenvalue weighted by molar-refractivity contribution is 7.99. The summed E-state index contributed by atoms with van der Waals surface area (Å²) in [5, 5.41) is 0.675. The quantitative estimate of drug-likeness (QED) is 0.457. The predicted molar refractivity (Wildman–Crippen MR) is 116 cm³/mol. The molecule has 0 N–H and O–H groups in total. The third kappa shape index (κ3) is 5.60. The normalized spacial score (nSPS) is 12.0. The molecule has 3 rings (SSSR count). The van der Waals surface area contributed by atoms with Crippen LogP contribution in [0.25, 0.3) is 10.2 Å². The number of aromatic nitrogens is 1. The summed E-state index contributed by atoms with van der Waals surface area (Å²) in [4.78, 5) is 18.3. The van der Waals surface area contributed by atoms with Gasteiger partial charge in [0.25, 0.3) is 0 Å². The standard InChI is InChI=1S/C19H18ClFN2OS3/c1-25-11-9-23-16-7-2-13(20)12-17(16)27-19(23)22-18(24)8-10-26-15-5-3-14(21)4-6-15/h2-7,12H,8-11H2,1H3. The average molecular weight is 441 g/mol. The zero-order valence-corrected chi connectivity index (χ0v) is 17.9. The first-order valence-corrected chi connectivity index (χ1v) is 11.9. The van der Waals surface area contributed by atoms with Gasteiger partial charge >= 0.3 is 0 Å². The molecule has 0 bridgehead atoms. The molecule has 0 unspecified atom stereocenters. The summed E-state index contributed by atoms with van der Waals surface area (Å²) >= 11 is 10.9. The Hall–Kier alpha value is -1.28. The second kappa shape index (κ2) is 9.78. The van der Waals surface area contributed by atoms with E-state index in [1.807, 2.05) is 18.2 Å². The van der Waals surface area contributed by atoms with Crippen LogP contribution in [-0.4, -0.2) is 28.2 Å². The van der Waals surface area contributed by atoms with Crippen LogP contribution < -0.4 is 4.80 Å². The topological polar surface area (TPSA) is 34.4 Å². The van der Waals surface area contributed by atoms with E-state index in [1.54, 1.807) is 23.9 Å². The molecule has 0 saturated carbocycles. The summed E-state index contributed by atoms with van der Waals surface area (Å²) in [7, 11) is 0. The first-order valence-electron chi connectivity index (χ1n) is 8.30. The van der Waals surface area contributed by atoms with Crippen LogP contribution in [0.15, 0.2) is 52.4 Å². The zero-order valence-electron chi connectivity index (χ0n) is 14.7. The second-order valence-electron chi connectivity index (χ2n) is 5.70. The van der Waals surface area contributed by atoms with Crippen LogP contribution in [0, 0.1) is 5.82 Å². The first-order chi connectivity index (χ1) is 13.1. The van der Waals surface area contributed by atoms with Gasteiger partial charge in [-0.3, -0.25) is 4.79 Å². The zero-order chi connectivity index (χ0) is 19.2. The molecule has 27 heavy (non-hydrogen) atoms. The lowest BCUT2D eigenvalue weighted by molar-refractivity contribution is -0.117. The van der Waals surface area contributed by atoms with Gasteiger partial charge in [0.15, 0.2) is 4.80 Å². The Labute approximate surface area is 174 Å². The third-order valence-electron chi connectivity index (χ3n) is 3.78. The van der Waals surface area contributed by atoms with Gasteiger partial charge < -0.3 is 4.57 Å². The van der Waals surface area contributed by atoms with Crippen molar-refractivity contribution in [1.29, 1.82) is 0 Å².